The highest BCUT2D eigenvalue weighted by Crippen LogP contribution is 2.30. The molecule has 0 bridgehead atoms. The third-order valence-corrected chi connectivity index (χ3v) is 3.76. The number of nitrogens with two attached hydrogens (primary N) is 1. The van der Waals surface area contributed by atoms with Crippen LogP contribution in [0.25, 0.3) is 0 Å². The summed E-state index contributed by atoms with van der Waals surface area (Å²) in [5.74, 6) is -0.277. The second kappa shape index (κ2) is 9.35. The summed E-state index contributed by atoms with van der Waals surface area (Å²) in [6.45, 7) is 6.29. The smallest absolute Gasteiger partial charge is 0.237 e. The Labute approximate surface area is 127 Å². The first-order valence-electron chi connectivity index (χ1n) is 7.76. The van der Waals surface area contributed by atoms with Gasteiger partial charge in [-0.25, -0.2) is 0 Å². The van der Waals surface area contributed by atoms with Crippen LogP contribution in [0.4, 0.5) is 0 Å². The molecule has 1 fully saturated rings. The number of carbonyl (C=O) groups is 1. The summed E-state index contributed by atoms with van der Waals surface area (Å²) in [6.07, 6.45) is 3.39. The summed E-state index contributed by atoms with van der Waals surface area (Å²) in [5, 5.41) is 3.34. The number of hydrogen-bond donors (Lipinski definition) is 2. The molecule has 124 valence electrons. The van der Waals surface area contributed by atoms with Gasteiger partial charge in [0.05, 0.1) is 32.5 Å². The van der Waals surface area contributed by atoms with Gasteiger partial charge in [-0.2, -0.15) is 0 Å². The van der Waals surface area contributed by atoms with Crippen LogP contribution in [-0.2, 0) is 19.0 Å². The molecule has 6 nitrogen and oxygen atoms in total. The van der Waals surface area contributed by atoms with Crippen LogP contribution in [0, 0.1) is 0 Å². The Morgan fingerprint density at radius 2 is 2.05 bits per heavy atom. The largest absolute Gasteiger partial charge is 0.382 e. The Morgan fingerprint density at radius 1 is 1.33 bits per heavy atom. The monoisotopic (exact) mass is 302 g/mol. The molecule has 1 saturated carbocycles. The van der Waals surface area contributed by atoms with E-state index in [9.17, 15) is 4.79 Å². The second-order valence-corrected chi connectivity index (χ2v) is 5.94. The predicted octanol–water partition coefficient (Wildman–Crippen LogP) is 0.831. The van der Waals surface area contributed by atoms with E-state index < -0.39 is 5.54 Å². The number of carbonyl (C=O) groups excluding carboxylic acids is 1. The average Bonchev–Trinajstić information content (AvgIpc) is 2.42. The van der Waals surface area contributed by atoms with Crippen molar-refractivity contribution >= 4 is 5.91 Å². The molecule has 0 aliphatic heterocycles. The molecule has 0 aromatic carbocycles. The molecule has 0 heterocycles. The molecular weight excluding hydrogens is 272 g/mol. The number of primary amides is 1. The highest BCUT2D eigenvalue weighted by atomic mass is 16.5. The first kappa shape index (κ1) is 18.4. The Kier molecular flexibility index (Phi) is 8.18. The van der Waals surface area contributed by atoms with Crippen molar-refractivity contribution in [1.82, 2.24) is 5.32 Å². The molecule has 0 spiro atoms. The van der Waals surface area contributed by atoms with Crippen molar-refractivity contribution < 1.29 is 19.0 Å². The van der Waals surface area contributed by atoms with E-state index in [4.69, 9.17) is 19.9 Å². The van der Waals surface area contributed by atoms with E-state index in [1.807, 2.05) is 13.8 Å². The van der Waals surface area contributed by atoms with Gasteiger partial charge in [0.1, 0.15) is 5.54 Å². The van der Waals surface area contributed by atoms with Gasteiger partial charge in [-0.3, -0.25) is 4.79 Å². The molecule has 1 rings (SSSR count). The molecule has 6 heteroatoms. The zero-order valence-electron chi connectivity index (χ0n) is 13.5. The number of ether oxygens (including phenoxy) is 3. The van der Waals surface area contributed by atoms with Crippen molar-refractivity contribution in [2.24, 2.45) is 5.73 Å². The predicted molar refractivity (Wildman–Crippen MR) is 81.1 cm³/mol. The molecule has 0 aromatic heterocycles. The average molecular weight is 302 g/mol. The van der Waals surface area contributed by atoms with Gasteiger partial charge in [0.25, 0.3) is 0 Å². The summed E-state index contributed by atoms with van der Waals surface area (Å²) >= 11 is 0. The fourth-order valence-electron chi connectivity index (χ4n) is 2.86. The van der Waals surface area contributed by atoms with Gasteiger partial charge in [0, 0.05) is 19.6 Å². The zero-order valence-corrected chi connectivity index (χ0v) is 13.5. The Hall–Kier alpha value is -0.690. The third-order valence-electron chi connectivity index (χ3n) is 3.76. The standard InChI is InChI=1S/C15H30N2O4/c1-12(2)17-15(14(16)18)6-4-5-13(11-15)21-10-9-20-8-7-19-3/h12-13,17H,4-11H2,1-3H3,(H2,16,18). The lowest BCUT2D eigenvalue weighted by Gasteiger charge is -2.40. The van der Waals surface area contributed by atoms with Crippen LogP contribution in [0.5, 0.6) is 0 Å². The molecule has 0 radical (unpaired) electrons. The zero-order chi connectivity index (χ0) is 15.7. The number of hydrogen-bond acceptors (Lipinski definition) is 5. The Balaban J connectivity index is 2.37. The van der Waals surface area contributed by atoms with Gasteiger partial charge >= 0.3 is 0 Å². The van der Waals surface area contributed by atoms with Crippen molar-refractivity contribution in [2.75, 3.05) is 33.5 Å². The minimum absolute atomic E-state index is 0.0588. The summed E-state index contributed by atoms with van der Waals surface area (Å²) in [5.41, 5.74) is 5.00. The molecule has 1 amide bonds. The van der Waals surface area contributed by atoms with Crippen LogP contribution in [0.1, 0.15) is 39.5 Å². The number of methoxy groups -OCH3 is 1. The molecule has 3 N–H and O–H groups in total. The summed E-state index contributed by atoms with van der Waals surface area (Å²) in [6, 6.07) is 0.216. The summed E-state index contributed by atoms with van der Waals surface area (Å²) in [7, 11) is 1.65. The fraction of sp³-hybridized carbons (Fsp3) is 0.933. The van der Waals surface area contributed by atoms with Crippen molar-refractivity contribution in [1.29, 1.82) is 0 Å². The Morgan fingerprint density at radius 3 is 2.67 bits per heavy atom. The maximum Gasteiger partial charge on any atom is 0.237 e. The summed E-state index contributed by atoms with van der Waals surface area (Å²) < 4.78 is 16.1. The first-order valence-corrected chi connectivity index (χ1v) is 7.76. The van der Waals surface area contributed by atoms with Gasteiger partial charge < -0.3 is 25.3 Å². The van der Waals surface area contributed by atoms with Gasteiger partial charge in [-0.05, 0) is 33.1 Å². The fourth-order valence-corrected chi connectivity index (χ4v) is 2.86. The van der Waals surface area contributed by atoms with Gasteiger partial charge in [-0.15, -0.1) is 0 Å². The molecule has 2 unspecified atom stereocenters. The number of rotatable bonds is 10. The second-order valence-electron chi connectivity index (χ2n) is 5.94. The van der Waals surface area contributed by atoms with Crippen molar-refractivity contribution in [3.05, 3.63) is 0 Å². The maximum absolute atomic E-state index is 11.9. The van der Waals surface area contributed by atoms with Crippen molar-refractivity contribution in [2.45, 2.75) is 57.2 Å². The lowest BCUT2D eigenvalue weighted by molar-refractivity contribution is -0.129. The molecule has 1 aliphatic carbocycles. The van der Waals surface area contributed by atoms with Crippen LogP contribution in [0.2, 0.25) is 0 Å². The lowest BCUT2D eigenvalue weighted by Crippen LogP contribution is -2.60. The normalized spacial score (nSPS) is 26.2. The molecular formula is C15H30N2O4. The minimum Gasteiger partial charge on any atom is -0.382 e. The van der Waals surface area contributed by atoms with Crippen LogP contribution in [0.15, 0.2) is 0 Å². The van der Waals surface area contributed by atoms with Crippen LogP contribution in [-0.4, -0.2) is 57.1 Å². The highest BCUT2D eigenvalue weighted by Gasteiger charge is 2.41. The van der Waals surface area contributed by atoms with E-state index in [1.54, 1.807) is 7.11 Å². The minimum atomic E-state index is -0.631. The lowest BCUT2D eigenvalue weighted by atomic mass is 9.79. The van der Waals surface area contributed by atoms with Crippen molar-refractivity contribution in [3.8, 4) is 0 Å². The van der Waals surface area contributed by atoms with Gasteiger partial charge in [-0.1, -0.05) is 0 Å². The first-order chi connectivity index (χ1) is 10.00. The maximum atomic E-state index is 11.9. The molecule has 2 atom stereocenters. The van der Waals surface area contributed by atoms with E-state index in [2.05, 4.69) is 5.32 Å². The van der Waals surface area contributed by atoms with E-state index in [1.165, 1.54) is 0 Å². The van der Waals surface area contributed by atoms with Crippen LogP contribution < -0.4 is 11.1 Å². The van der Waals surface area contributed by atoms with Gasteiger partial charge in [0.15, 0.2) is 0 Å². The molecule has 0 aromatic rings. The summed E-state index contributed by atoms with van der Waals surface area (Å²) in [4.78, 5) is 11.9. The molecule has 0 saturated heterocycles. The SMILES string of the molecule is COCCOCCOC1CCCC(NC(C)C)(C(N)=O)C1. The van der Waals surface area contributed by atoms with E-state index in [-0.39, 0.29) is 18.1 Å². The van der Waals surface area contributed by atoms with Crippen LogP contribution >= 0.6 is 0 Å². The number of amides is 1. The quantitative estimate of drug-likeness (QED) is 0.584. The van der Waals surface area contributed by atoms with Gasteiger partial charge in [0.2, 0.25) is 5.91 Å². The Bertz CT molecular complexity index is 312. The highest BCUT2D eigenvalue weighted by molar-refractivity contribution is 5.84. The number of nitrogens with one attached hydrogen (secondary N) is 1. The third kappa shape index (κ3) is 6.30. The van der Waals surface area contributed by atoms with E-state index in [0.717, 1.165) is 19.3 Å². The molecule has 1 aliphatic rings. The van der Waals surface area contributed by atoms with E-state index in [0.29, 0.717) is 32.8 Å². The molecule has 21 heavy (non-hydrogen) atoms. The van der Waals surface area contributed by atoms with E-state index >= 15 is 0 Å². The van der Waals surface area contributed by atoms with Crippen molar-refractivity contribution in [3.63, 3.8) is 0 Å². The topological polar surface area (TPSA) is 82.8 Å². The van der Waals surface area contributed by atoms with Crippen LogP contribution in [0.3, 0.4) is 0 Å².